The normalized spacial score (nSPS) is 48.5. The maximum atomic E-state index is 4.28. The van der Waals surface area contributed by atoms with Gasteiger partial charge in [0.25, 0.3) is 0 Å². The molecule has 25 heavy (non-hydrogen) atoms. The molecule has 0 aromatic carbocycles. The molecule has 0 aromatic heterocycles. The molecular formula is C25H42. The third-order valence-corrected chi connectivity index (χ3v) is 9.09. The molecule has 0 nitrogen and oxygen atoms in total. The largest absolute Gasteiger partial charge is 0.0958 e. The Kier molecular flexibility index (Phi) is 5.31. The Labute approximate surface area is 157 Å². The fraction of sp³-hybridized carbons (Fsp3) is 0.840. The minimum atomic E-state index is 0.481. The molecule has 3 fully saturated rings. The van der Waals surface area contributed by atoms with Crippen molar-refractivity contribution in [2.24, 2.45) is 40.4 Å². The summed E-state index contributed by atoms with van der Waals surface area (Å²) >= 11 is 0. The average Bonchev–Trinajstić information content (AvgIpc) is 2.95. The molecule has 0 heteroatoms. The maximum absolute atomic E-state index is 4.28. The van der Waals surface area contributed by atoms with Gasteiger partial charge in [-0.3, -0.25) is 0 Å². The number of allylic oxidation sites excluding steroid dienone is 3. The van der Waals surface area contributed by atoms with Gasteiger partial charge in [0.1, 0.15) is 0 Å². The van der Waals surface area contributed by atoms with Crippen LogP contribution in [-0.2, 0) is 0 Å². The van der Waals surface area contributed by atoms with Crippen LogP contribution in [0, 0.1) is 40.4 Å². The molecule has 4 rings (SSSR count). The van der Waals surface area contributed by atoms with Crippen LogP contribution in [0.4, 0.5) is 0 Å². The Balaban J connectivity index is 0.000000880. The molecule has 0 amide bonds. The van der Waals surface area contributed by atoms with Crippen molar-refractivity contribution in [2.45, 2.75) is 92.9 Å². The van der Waals surface area contributed by atoms with Crippen molar-refractivity contribution in [2.75, 3.05) is 0 Å². The molecule has 4 aliphatic carbocycles. The zero-order valence-electron chi connectivity index (χ0n) is 17.8. The van der Waals surface area contributed by atoms with E-state index in [0.717, 1.165) is 29.6 Å². The first-order valence-electron chi connectivity index (χ1n) is 11.3. The summed E-state index contributed by atoms with van der Waals surface area (Å²) in [6, 6.07) is 0. The average molecular weight is 343 g/mol. The number of hydrogen-bond donors (Lipinski definition) is 0. The second kappa shape index (κ2) is 6.90. The van der Waals surface area contributed by atoms with Crippen molar-refractivity contribution < 1.29 is 0 Å². The number of fused-ring (bicyclic) bond motifs is 5. The second-order valence-corrected chi connectivity index (χ2v) is 9.92. The summed E-state index contributed by atoms with van der Waals surface area (Å²) in [7, 11) is 0. The van der Waals surface area contributed by atoms with Crippen LogP contribution in [0.5, 0.6) is 0 Å². The van der Waals surface area contributed by atoms with E-state index in [-0.39, 0.29) is 0 Å². The van der Waals surface area contributed by atoms with E-state index in [4.69, 9.17) is 0 Å². The van der Waals surface area contributed by atoms with E-state index in [9.17, 15) is 0 Å². The van der Waals surface area contributed by atoms with E-state index in [1.54, 1.807) is 5.57 Å². The van der Waals surface area contributed by atoms with E-state index in [2.05, 4.69) is 40.3 Å². The smallest absolute Gasteiger partial charge is 0.00763 e. The highest BCUT2D eigenvalue weighted by Crippen LogP contribution is 2.68. The summed E-state index contributed by atoms with van der Waals surface area (Å²) in [5, 5.41) is 0. The van der Waals surface area contributed by atoms with Crippen LogP contribution in [0.15, 0.2) is 23.8 Å². The lowest BCUT2D eigenvalue weighted by Gasteiger charge is -2.60. The van der Waals surface area contributed by atoms with Crippen LogP contribution in [-0.4, -0.2) is 0 Å². The number of rotatable bonds is 1. The minimum absolute atomic E-state index is 0.481. The lowest BCUT2D eigenvalue weighted by atomic mass is 9.45. The van der Waals surface area contributed by atoms with Crippen molar-refractivity contribution in [1.82, 2.24) is 0 Å². The summed E-state index contributed by atoms with van der Waals surface area (Å²) in [5.74, 6) is 4.73. The topological polar surface area (TPSA) is 0 Å². The Hall–Kier alpha value is -0.520. The third kappa shape index (κ3) is 2.78. The molecule has 142 valence electrons. The molecule has 0 N–H and O–H groups in total. The van der Waals surface area contributed by atoms with E-state index in [0.29, 0.717) is 10.8 Å². The Morgan fingerprint density at radius 2 is 1.80 bits per heavy atom. The summed E-state index contributed by atoms with van der Waals surface area (Å²) < 4.78 is 0. The van der Waals surface area contributed by atoms with Crippen molar-refractivity contribution in [1.29, 1.82) is 0 Å². The monoisotopic (exact) mass is 342 g/mol. The Morgan fingerprint density at radius 3 is 2.48 bits per heavy atom. The molecule has 0 spiro atoms. The first kappa shape index (κ1) is 19.2. The van der Waals surface area contributed by atoms with Gasteiger partial charge in [-0.15, -0.1) is 0 Å². The standard InChI is InChI=1S/C23H36.C2H6/c1-6-17-7-8-19-18-14-16(3)21-13-15(2)9-11-23(21,5)20(18)10-12-22(17,19)4;1-2/h13,16-20H,2,6-12,14H2,1,3-5H3;1-2H3. The quantitative estimate of drug-likeness (QED) is 0.456. The minimum Gasteiger partial charge on any atom is -0.0958 e. The van der Waals surface area contributed by atoms with Gasteiger partial charge >= 0.3 is 0 Å². The zero-order valence-corrected chi connectivity index (χ0v) is 17.8. The maximum Gasteiger partial charge on any atom is -0.00763 e. The summed E-state index contributed by atoms with van der Waals surface area (Å²) in [4.78, 5) is 0. The van der Waals surface area contributed by atoms with Gasteiger partial charge in [-0.05, 0) is 85.4 Å². The van der Waals surface area contributed by atoms with Crippen LogP contribution in [0.1, 0.15) is 92.9 Å². The highest BCUT2D eigenvalue weighted by molar-refractivity contribution is 5.34. The first-order chi connectivity index (χ1) is 11.9. The molecular weight excluding hydrogens is 300 g/mol. The first-order valence-corrected chi connectivity index (χ1v) is 11.3. The van der Waals surface area contributed by atoms with Gasteiger partial charge in [-0.1, -0.05) is 71.8 Å². The lowest BCUT2D eigenvalue weighted by molar-refractivity contribution is -0.0603. The molecule has 0 heterocycles. The van der Waals surface area contributed by atoms with Gasteiger partial charge in [-0.25, -0.2) is 0 Å². The molecule has 7 atom stereocenters. The Bertz CT molecular complexity index is 540. The molecule has 3 saturated carbocycles. The molecule has 0 bridgehead atoms. The summed E-state index contributed by atoms with van der Waals surface area (Å²) in [6.45, 7) is 18.5. The van der Waals surface area contributed by atoms with Crippen molar-refractivity contribution >= 4 is 0 Å². The predicted octanol–water partition coefficient (Wildman–Crippen LogP) is 7.80. The number of hydrogen-bond acceptors (Lipinski definition) is 0. The highest BCUT2D eigenvalue weighted by atomic mass is 14.6. The summed E-state index contributed by atoms with van der Waals surface area (Å²) in [5.41, 5.74) is 4.29. The molecule has 4 aliphatic rings. The van der Waals surface area contributed by atoms with Gasteiger partial charge in [0.05, 0.1) is 0 Å². The summed E-state index contributed by atoms with van der Waals surface area (Å²) in [6.07, 6.45) is 14.0. The van der Waals surface area contributed by atoms with E-state index in [1.807, 2.05) is 13.8 Å². The van der Waals surface area contributed by atoms with Crippen LogP contribution >= 0.6 is 0 Å². The van der Waals surface area contributed by atoms with Gasteiger partial charge in [0.2, 0.25) is 0 Å². The van der Waals surface area contributed by atoms with Gasteiger partial charge in [0, 0.05) is 0 Å². The van der Waals surface area contributed by atoms with E-state index >= 15 is 0 Å². The van der Waals surface area contributed by atoms with Crippen molar-refractivity contribution in [3.63, 3.8) is 0 Å². The zero-order chi connectivity index (χ0) is 18.4. The predicted molar refractivity (Wildman–Crippen MR) is 111 cm³/mol. The third-order valence-electron chi connectivity index (χ3n) is 9.09. The molecule has 7 unspecified atom stereocenters. The fourth-order valence-electron chi connectivity index (χ4n) is 7.85. The van der Waals surface area contributed by atoms with Crippen LogP contribution < -0.4 is 0 Å². The van der Waals surface area contributed by atoms with Crippen molar-refractivity contribution in [3.05, 3.63) is 23.8 Å². The van der Waals surface area contributed by atoms with Crippen molar-refractivity contribution in [3.8, 4) is 0 Å². The van der Waals surface area contributed by atoms with E-state index in [1.165, 1.54) is 56.9 Å². The Morgan fingerprint density at radius 1 is 1.08 bits per heavy atom. The van der Waals surface area contributed by atoms with Crippen LogP contribution in [0.2, 0.25) is 0 Å². The van der Waals surface area contributed by atoms with Crippen LogP contribution in [0.25, 0.3) is 0 Å². The molecule has 0 radical (unpaired) electrons. The molecule has 0 saturated heterocycles. The molecule has 0 aromatic rings. The second-order valence-electron chi connectivity index (χ2n) is 9.92. The molecule has 0 aliphatic heterocycles. The highest BCUT2D eigenvalue weighted by Gasteiger charge is 2.59. The van der Waals surface area contributed by atoms with Gasteiger partial charge < -0.3 is 0 Å². The van der Waals surface area contributed by atoms with Crippen LogP contribution in [0.3, 0.4) is 0 Å². The SMILES string of the molecule is C=C1C=C2C(C)CC3C(CCC4(C)C(CC)CCC34)C2(C)CC1.CC. The van der Waals surface area contributed by atoms with Gasteiger partial charge in [-0.2, -0.15) is 0 Å². The fourth-order valence-corrected chi connectivity index (χ4v) is 7.85. The van der Waals surface area contributed by atoms with E-state index < -0.39 is 0 Å². The lowest BCUT2D eigenvalue weighted by Crippen LogP contribution is -2.51. The van der Waals surface area contributed by atoms with Gasteiger partial charge in [0.15, 0.2) is 0 Å².